The first-order chi connectivity index (χ1) is 8.33. The van der Waals surface area contributed by atoms with E-state index in [0.29, 0.717) is 5.69 Å². The normalized spacial score (nSPS) is 17.4. The Bertz CT molecular complexity index is 556. The van der Waals surface area contributed by atoms with Crippen molar-refractivity contribution in [3.63, 3.8) is 0 Å². The summed E-state index contributed by atoms with van der Waals surface area (Å²) in [4.78, 5) is 12.2. The van der Waals surface area contributed by atoms with E-state index in [2.05, 4.69) is 0 Å². The number of sulfone groups is 1. The zero-order chi connectivity index (χ0) is 13.4. The summed E-state index contributed by atoms with van der Waals surface area (Å²) in [5.74, 6) is -0.0413. The van der Waals surface area contributed by atoms with Gasteiger partial charge in [0.15, 0.2) is 0 Å². The van der Waals surface area contributed by atoms with Gasteiger partial charge in [0.1, 0.15) is 15.6 Å². The molecule has 0 spiro atoms. The van der Waals surface area contributed by atoms with Gasteiger partial charge in [-0.05, 0) is 30.5 Å². The van der Waals surface area contributed by atoms with Gasteiger partial charge in [0.05, 0.1) is 11.2 Å². The molecule has 2 N–H and O–H groups in total. The smallest absolute Gasteiger partial charge is 0.147 e. The van der Waals surface area contributed by atoms with Crippen molar-refractivity contribution in [2.24, 2.45) is 0 Å². The number of carbonyl (C=O) groups is 1. The molecule has 1 saturated carbocycles. The lowest BCUT2D eigenvalue weighted by Gasteiger charge is -2.14. The molecular weight excluding hydrogens is 250 g/mol. The quantitative estimate of drug-likeness (QED) is 0.816. The third-order valence-electron chi connectivity index (χ3n) is 3.45. The van der Waals surface area contributed by atoms with E-state index in [1.165, 1.54) is 0 Å². The van der Waals surface area contributed by atoms with Crippen molar-refractivity contribution in [2.45, 2.75) is 24.7 Å². The van der Waals surface area contributed by atoms with E-state index >= 15 is 0 Å². The summed E-state index contributed by atoms with van der Waals surface area (Å²) in [6.07, 6.45) is 2.87. The van der Waals surface area contributed by atoms with Crippen LogP contribution in [0.5, 0.6) is 0 Å². The van der Waals surface area contributed by atoms with Crippen molar-refractivity contribution in [3.05, 3.63) is 29.8 Å². The van der Waals surface area contributed by atoms with Crippen LogP contribution >= 0.6 is 0 Å². The number of anilines is 1. The Balaban J connectivity index is 2.12. The fraction of sp³-hybridized carbons (Fsp3) is 0.462. The highest BCUT2D eigenvalue weighted by Gasteiger charge is 2.50. The second-order valence-electron chi connectivity index (χ2n) is 5.01. The van der Waals surface area contributed by atoms with E-state index in [1.807, 2.05) is 12.1 Å². The minimum Gasteiger partial charge on any atom is -0.399 e. The van der Waals surface area contributed by atoms with Crippen LogP contribution in [0, 0.1) is 0 Å². The zero-order valence-corrected chi connectivity index (χ0v) is 11.2. The van der Waals surface area contributed by atoms with Gasteiger partial charge in [-0.15, -0.1) is 0 Å². The van der Waals surface area contributed by atoms with Gasteiger partial charge in [-0.2, -0.15) is 0 Å². The van der Waals surface area contributed by atoms with E-state index < -0.39 is 15.3 Å². The van der Waals surface area contributed by atoms with Crippen LogP contribution in [0.15, 0.2) is 24.3 Å². The monoisotopic (exact) mass is 267 g/mol. The van der Waals surface area contributed by atoms with Crippen molar-refractivity contribution in [3.8, 4) is 0 Å². The molecule has 5 heteroatoms. The lowest BCUT2D eigenvalue weighted by Crippen LogP contribution is -2.23. The molecule has 4 nitrogen and oxygen atoms in total. The average molecular weight is 267 g/mol. The molecular formula is C13H17NO3S. The van der Waals surface area contributed by atoms with Crippen molar-refractivity contribution >= 4 is 21.3 Å². The largest absolute Gasteiger partial charge is 0.399 e. The second-order valence-corrected chi connectivity index (χ2v) is 7.27. The predicted octanol–water partition coefficient (Wildman–Crippen LogP) is 1.30. The molecule has 1 aromatic carbocycles. The van der Waals surface area contributed by atoms with Crippen LogP contribution in [0.25, 0.3) is 0 Å². The molecule has 0 heterocycles. The first kappa shape index (κ1) is 13.1. The molecule has 0 atom stereocenters. The number of hydrogen-bond donors (Lipinski definition) is 1. The number of Topliss-reactive ketones (excluding diaryl/α,β-unsaturated/α-hetero) is 1. The first-order valence-electron chi connectivity index (χ1n) is 5.91. The fourth-order valence-corrected chi connectivity index (χ4v) is 2.73. The number of ketones is 1. The van der Waals surface area contributed by atoms with Gasteiger partial charge in [-0.25, -0.2) is 8.42 Å². The molecule has 0 amide bonds. The molecule has 1 aliphatic carbocycles. The zero-order valence-electron chi connectivity index (χ0n) is 10.3. The molecule has 0 radical (unpaired) electrons. The summed E-state index contributed by atoms with van der Waals surface area (Å²) in [7, 11) is -3.08. The van der Waals surface area contributed by atoms with E-state index in [-0.39, 0.29) is 18.0 Å². The summed E-state index contributed by atoms with van der Waals surface area (Å²) in [6.45, 7) is 0. The molecule has 0 aromatic heterocycles. The number of benzene rings is 1. The van der Waals surface area contributed by atoms with E-state index in [0.717, 1.165) is 24.7 Å². The standard InChI is InChI=1S/C13H17NO3S/c1-18(16,17)9-6-12(15)13(7-8-13)10-2-4-11(14)5-3-10/h2-5H,6-9,14H2,1H3. The van der Waals surface area contributed by atoms with Crippen LogP contribution in [-0.4, -0.2) is 26.2 Å². The van der Waals surface area contributed by atoms with Gasteiger partial charge in [-0.1, -0.05) is 12.1 Å². The topological polar surface area (TPSA) is 77.2 Å². The van der Waals surface area contributed by atoms with Crippen LogP contribution in [0.1, 0.15) is 24.8 Å². The van der Waals surface area contributed by atoms with Crippen LogP contribution in [0.2, 0.25) is 0 Å². The van der Waals surface area contributed by atoms with Crippen LogP contribution < -0.4 is 5.73 Å². The first-order valence-corrected chi connectivity index (χ1v) is 7.97. The maximum atomic E-state index is 12.2. The predicted molar refractivity (Wildman–Crippen MR) is 71.1 cm³/mol. The molecule has 1 aromatic rings. The Labute approximate surface area is 107 Å². The van der Waals surface area contributed by atoms with Crippen molar-refractivity contribution in [1.82, 2.24) is 0 Å². The maximum absolute atomic E-state index is 12.2. The van der Waals surface area contributed by atoms with Gasteiger partial charge in [-0.3, -0.25) is 4.79 Å². The van der Waals surface area contributed by atoms with Crippen molar-refractivity contribution in [2.75, 3.05) is 17.7 Å². The van der Waals surface area contributed by atoms with Gasteiger partial charge < -0.3 is 5.73 Å². The number of rotatable bonds is 5. The third kappa shape index (κ3) is 2.72. The van der Waals surface area contributed by atoms with Gasteiger partial charge in [0, 0.05) is 18.4 Å². The average Bonchev–Trinajstić information content (AvgIpc) is 3.07. The molecule has 0 aliphatic heterocycles. The summed E-state index contributed by atoms with van der Waals surface area (Å²) in [5, 5.41) is 0. The third-order valence-corrected chi connectivity index (χ3v) is 4.39. The van der Waals surface area contributed by atoms with Crippen LogP contribution in [0.4, 0.5) is 5.69 Å². The van der Waals surface area contributed by atoms with Gasteiger partial charge in [0.25, 0.3) is 0 Å². The highest BCUT2D eigenvalue weighted by molar-refractivity contribution is 7.90. The lowest BCUT2D eigenvalue weighted by molar-refractivity contribution is -0.121. The molecule has 0 bridgehead atoms. The number of carbonyl (C=O) groups excluding carboxylic acids is 1. The maximum Gasteiger partial charge on any atom is 0.147 e. The molecule has 98 valence electrons. The minimum atomic E-state index is -3.08. The molecule has 0 unspecified atom stereocenters. The van der Waals surface area contributed by atoms with E-state index in [1.54, 1.807) is 12.1 Å². The summed E-state index contributed by atoms with van der Waals surface area (Å²) in [6, 6.07) is 7.28. The van der Waals surface area contributed by atoms with Gasteiger partial charge >= 0.3 is 0 Å². The fourth-order valence-electron chi connectivity index (χ4n) is 2.17. The van der Waals surface area contributed by atoms with Crippen molar-refractivity contribution in [1.29, 1.82) is 0 Å². The molecule has 0 saturated heterocycles. The molecule has 1 aliphatic rings. The Morgan fingerprint density at radius 1 is 1.28 bits per heavy atom. The molecule has 1 fully saturated rings. The van der Waals surface area contributed by atoms with Crippen molar-refractivity contribution < 1.29 is 13.2 Å². The Morgan fingerprint density at radius 2 is 1.83 bits per heavy atom. The summed E-state index contributed by atoms with van der Waals surface area (Å²) >= 11 is 0. The Kier molecular flexibility index (Phi) is 3.19. The van der Waals surface area contributed by atoms with E-state index in [4.69, 9.17) is 5.73 Å². The number of nitrogen functional groups attached to an aromatic ring is 1. The summed E-state index contributed by atoms with van der Waals surface area (Å²) in [5.41, 5.74) is 6.79. The number of nitrogens with two attached hydrogens (primary N) is 1. The SMILES string of the molecule is CS(=O)(=O)CCC(=O)C1(c2ccc(N)cc2)CC1. The number of hydrogen-bond acceptors (Lipinski definition) is 4. The molecule has 2 rings (SSSR count). The van der Waals surface area contributed by atoms with Crippen LogP contribution in [0.3, 0.4) is 0 Å². The second kappa shape index (κ2) is 4.39. The van der Waals surface area contributed by atoms with Gasteiger partial charge in [0.2, 0.25) is 0 Å². The molecule has 18 heavy (non-hydrogen) atoms. The van der Waals surface area contributed by atoms with Crippen LogP contribution in [-0.2, 0) is 20.0 Å². The Hall–Kier alpha value is -1.36. The Morgan fingerprint density at radius 3 is 2.28 bits per heavy atom. The lowest BCUT2D eigenvalue weighted by atomic mass is 9.90. The summed E-state index contributed by atoms with van der Waals surface area (Å²) < 4.78 is 22.2. The highest BCUT2D eigenvalue weighted by atomic mass is 32.2. The highest BCUT2D eigenvalue weighted by Crippen LogP contribution is 2.49. The minimum absolute atomic E-state index is 0.0256. The van der Waals surface area contributed by atoms with E-state index in [9.17, 15) is 13.2 Å².